The van der Waals surface area contributed by atoms with E-state index in [2.05, 4.69) is 20.8 Å². The van der Waals surface area contributed by atoms with Crippen molar-refractivity contribution in [2.45, 2.75) is 32.2 Å². The maximum Gasteiger partial charge on any atom is 0.174 e. The Balaban J connectivity index is 1.99. The van der Waals surface area contributed by atoms with Crippen LogP contribution in [0, 0.1) is 11.3 Å². The first-order valence-corrected chi connectivity index (χ1v) is 7.11. The zero-order valence-electron chi connectivity index (χ0n) is 11.7. The quantitative estimate of drug-likeness (QED) is 0.858. The second-order valence-corrected chi connectivity index (χ2v) is 5.16. The fourth-order valence-corrected chi connectivity index (χ4v) is 2.57. The molecule has 2 aromatic rings. The van der Waals surface area contributed by atoms with Crippen LogP contribution in [-0.2, 0) is 13.0 Å². The van der Waals surface area contributed by atoms with Gasteiger partial charge in [0.1, 0.15) is 17.6 Å². The number of aromatic nitrogens is 3. The molecule has 5 nitrogen and oxygen atoms in total. The summed E-state index contributed by atoms with van der Waals surface area (Å²) < 4.78 is 2.06. The molecule has 21 heavy (non-hydrogen) atoms. The molecule has 1 N–H and O–H groups in total. The Labute approximate surface area is 123 Å². The summed E-state index contributed by atoms with van der Waals surface area (Å²) in [6.45, 7) is 0.867. The minimum Gasteiger partial charge on any atom is -0.508 e. The monoisotopic (exact) mass is 280 g/mol. The Hall–Kier alpha value is -2.61. The number of phenolic OH excluding ortho intramolecular Hbond substituents is 1. The lowest BCUT2D eigenvalue weighted by molar-refractivity contribution is 0.475. The van der Waals surface area contributed by atoms with Gasteiger partial charge in [-0.2, -0.15) is 5.26 Å². The minimum absolute atomic E-state index is 0.210. The van der Waals surface area contributed by atoms with Crippen LogP contribution in [0.2, 0.25) is 0 Å². The van der Waals surface area contributed by atoms with Crippen LogP contribution in [-0.4, -0.2) is 19.9 Å². The van der Waals surface area contributed by atoms with Crippen molar-refractivity contribution in [3.8, 4) is 11.8 Å². The van der Waals surface area contributed by atoms with Gasteiger partial charge in [-0.3, -0.25) is 0 Å². The molecular weight excluding hydrogens is 264 g/mol. The van der Waals surface area contributed by atoms with Gasteiger partial charge in [0.2, 0.25) is 0 Å². The molecule has 0 aliphatic carbocycles. The van der Waals surface area contributed by atoms with Crippen molar-refractivity contribution in [1.82, 2.24) is 14.8 Å². The summed E-state index contributed by atoms with van der Waals surface area (Å²) in [7, 11) is 0. The van der Waals surface area contributed by atoms with Crippen molar-refractivity contribution in [3.05, 3.63) is 41.5 Å². The molecule has 0 saturated heterocycles. The second kappa shape index (κ2) is 5.80. The Bertz CT molecular complexity index is 707. The summed E-state index contributed by atoms with van der Waals surface area (Å²) in [5.41, 5.74) is 1.36. The van der Waals surface area contributed by atoms with Gasteiger partial charge in [0.15, 0.2) is 5.82 Å². The first-order chi connectivity index (χ1) is 10.3. The maximum absolute atomic E-state index is 9.44. The van der Waals surface area contributed by atoms with Gasteiger partial charge < -0.3 is 9.67 Å². The summed E-state index contributed by atoms with van der Waals surface area (Å²) in [4.78, 5) is 0. The molecule has 106 valence electrons. The summed E-state index contributed by atoms with van der Waals surface area (Å²) in [5.74, 6) is 1.82. The van der Waals surface area contributed by atoms with E-state index in [0.717, 1.165) is 37.2 Å². The Kier molecular flexibility index (Phi) is 3.69. The van der Waals surface area contributed by atoms with Gasteiger partial charge in [-0.15, -0.1) is 10.2 Å². The van der Waals surface area contributed by atoms with Crippen LogP contribution in [0.25, 0.3) is 11.6 Å². The van der Waals surface area contributed by atoms with Crippen LogP contribution in [0.1, 0.15) is 36.5 Å². The molecule has 0 atom stereocenters. The average molecular weight is 280 g/mol. The molecule has 1 aliphatic heterocycles. The van der Waals surface area contributed by atoms with Crippen LogP contribution in [0.15, 0.2) is 24.3 Å². The number of hydrogen-bond donors (Lipinski definition) is 1. The molecule has 5 heteroatoms. The lowest BCUT2D eigenvalue weighted by Gasteiger charge is -2.05. The predicted octanol–water partition coefficient (Wildman–Crippen LogP) is 2.77. The third-order valence-corrected chi connectivity index (χ3v) is 3.67. The van der Waals surface area contributed by atoms with Crippen LogP contribution in [0.3, 0.4) is 0 Å². The Morgan fingerprint density at radius 1 is 1.19 bits per heavy atom. The third kappa shape index (κ3) is 2.79. The van der Waals surface area contributed by atoms with E-state index in [1.54, 1.807) is 30.3 Å². The van der Waals surface area contributed by atoms with Crippen molar-refractivity contribution >= 4 is 11.6 Å². The van der Waals surface area contributed by atoms with Crippen LogP contribution >= 0.6 is 0 Å². The minimum atomic E-state index is 0.210. The van der Waals surface area contributed by atoms with Gasteiger partial charge >= 0.3 is 0 Å². The molecule has 1 aliphatic rings. The van der Waals surface area contributed by atoms with Crippen molar-refractivity contribution in [2.24, 2.45) is 0 Å². The maximum atomic E-state index is 9.44. The van der Waals surface area contributed by atoms with Crippen LogP contribution in [0.4, 0.5) is 0 Å². The number of phenols is 1. The highest BCUT2D eigenvalue weighted by atomic mass is 16.3. The molecule has 3 rings (SSSR count). The smallest absolute Gasteiger partial charge is 0.174 e. The van der Waals surface area contributed by atoms with E-state index < -0.39 is 0 Å². The van der Waals surface area contributed by atoms with Gasteiger partial charge in [0.05, 0.1) is 5.57 Å². The van der Waals surface area contributed by atoms with E-state index in [-0.39, 0.29) is 5.75 Å². The Morgan fingerprint density at radius 2 is 2.00 bits per heavy atom. The zero-order valence-corrected chi connectivity index (χ0v) is 11.7. The van der Waals surface area contributed by atoms with Gasteiger partial charge in [-0.05, 0) is 36.6 Å². The topological polar surface area (TPSA) is 74.7 Å². The van der Waals surface area contributed by atoms with E-state index in [4.69, 9.17) is 0 Å². The normalized spacial score (nSPS) is 15.1. The van der Waals surface area contributed by atoms with E-state index in [9.17, 15) is 10.4 Å². The number of rotatable bonds is 2. The highest BCUT2D eigenvalue weighted by Gasteiger charge is 2.17. The number of nitrogens with zero attached hydrogens (tertiary/aromatic N) is 4. The molecule has 1 aromatic carbocycles. The van der Waals surface area contributed by atoms with E-state index in [1.807, 2.05) is 0 Å². The van der Waals surface area contributed by atoms with E-state index >= 15 is 0 Å². The lowest BCUT2D eigenvalue weighted by Crippen LogP contribution is -2.05. The summed E-state index contributed by atoms with van der Waals surface area (Å²) >= 11 is 0. The van der Waals surface area contributed by atoms with Crippen molar-refractivity contribution in [3.63, 3.8) is 0 Å². The highest BCUT2D eigenvalue weighted by molar-refractivity contribution is 5.87. The van der Waals surface area contributed by atoms with Gasteiger partial charge in [-0.1, -0.05) is 18.6 Å². The molecule has 0 radical (unpaired) electrons. The molecule has 0 saturated carbocycles. The first-order valence-electron chi connectivity index (χ1n) is 7.11. The first kappa shape index (κ1) is 13.4. The number of nitriles is 1. The van der Waals surface area contributed by atoms with Crippen molar-refractivity contribution in [1.29, 1.82) is 5.26 Å². The predicted molar refractivity (Wildman–Crippen MR) is 79.2 cm³/mol. The van der Waals surface area contributed by atoms with Crippen LogP contribution < -0.4 is 0 Å². The molecule has 0 spiro atoms. The fourth-order valence-electron chi connectivity index (χ4n) is 2.57. The van der Waals surface area contributed by atoms with E-state index in [1.165, 1.54) is 6.42 Å². The van der Waals surface area contributed by atoms with E-state index in [0.29, 0.717) is 11.4 Å². The Morgan fingerprint density at radius 3 is 2.76 bits per heavy atom. The summed E-state index contributed by atoms with van der Waals surface area (Å²) in [5, 5.41) is 27.2. The zero-order chi connectivity index (χ0) is 14.7. The molecule has 2 heterocycles. The number of aromatic hydroxyl groups is 1. The van der Waals surface area contributed by atoms with Gasteiger partial charge in [-0.25, -0.2) is 0 Å². The summed E-state index contributed by atoms with van der Waals surface area (Å²) in [6.07, 6.45) is 6.11. The molecule has 0 unspecified atom stereocenters. The molecular formula is C16H16N4O. The summed E-state index contributed by atoms with van der Waals surface area (Å²) in [6, 6.07) is 8.96. The molecule has 1 aromatic heterocycles. The number of allylic oxidation sites excluding steroid dienone is 1. The second-order valence-electron chi connectivity index (χ2n) is 5.16. The number of aryl methyl sites for hydroxylation is 1. The van der Waals surface area contributed by atoms with Crippen molar-refractivity contribution < 1.29 is 5.11 Å². The number of fused-ring (bicyclic) bond motifs is 1. The third-order valence-electron chi connectivity index (χ3n) is 3.67. The highest BCUT2D eigenvalue weighted by Crippen LogP contribution is 2.22. The van der Waals surface area contributed by atoms with Crippen LogP contribution in [0.5, 0.6) is 5.75 Å². The average Bonchev–Trinajstić information content (AvgIpc) is 2.75. The van der Waals surface area contributed by atoms with Crippen molar-refractivity contribution in [2.75, 3.05) is 0 Å². The molecule has 0 bridgehead atoms. The largest absolute Gasteiger partial charge is 0.508 e. The lowest BCUT2D eigenvalue weighted by atomic mass is 10.1. The standard InChI is InChI=1S/C16H16N4O/c17-11-13(10-12-5-7-14(21)8-6-12)16-19-18-15-4-2-1-3-9-20(15)16/h5-8,10,21H,1-4,9H2. The van der Waals surface area contributed by atoms with Gasteiger partial charge in [0.25, 0.3) is 0 Å². The fraction of sp³-hybridized carbons (Fsp3) is 0.312. The molecule has 0 amide bonds. The van der Waals surface area contributed by atoms with Gasteiger partial charge in [0, 0.05) is 13.0 Å². The number of hydrogen-bond acceptors (Lipinski definition) is 4. The SMILES string of the molecule is N#CC(=Cc1ccc(O)cc1)c1nnc2n1CCCCC2. The molecule has 0 fully saturated rings. The number of benzene rings is 1.